The van der Waals surface area contributed by atoms with E-state index in [-0.39, 0.29) is 5.75 Å². The first-order valence-electron chi connectivity index (χ1n) is 5.43. The number of ether oxygens (including phenoxy) is 1. The topological polar surface area (TPSA) is 35.2 Å². The third-order valence-corrected chi connectivity index (χ3v) is 2.41. The van der Waals surface area contributed by atoms with E-state index in [1.54, 1.807) is 18.2 Å². The maximum absolute atomic E-state index is 12.7. The molecule has 0 amide bonds. The van der Waals surface area contributed by atoms with E-state index in [9.17, 15) is 13.2 Å². The van der Waals surface area contributed by atoms with Crippen molar-refractivity contribution < 1.29 is 17.9 Å². The summed E-state index contributed by atoms with van der Waals surface area (Å²) < 4.78 is 43.1. The molecular formula is C12H16F3NO. The molecule has 2 atom stereocenters. The average molecular weight is 247 g/mol. The monoisotopic (exact) mass is 247 g/mol. The van der Waals surface area contributed by atoms with Gasteiger partial charge in [0.2, 0.25) is 6.10 Å². The third-order valence-electron chi connectivity index (χ3n) is 2.41. The zero-order valence-electron chi connectivity index (χ0n) is 9.79. The number of alkyl halides is 3. The molecule has 5 heteroatoms. The van der Waals surface area contributed by atoms with Crippen molar-refractivity contribution in [2.45, 2.75) is 38.6 Å². The molecule has 2 unspecified atom stereocenters. The first-order valence-corrected chi connectivity index (χ1v) is 5.43. The Bertz CT molecular complexity index is 363. The Morgan fingerprint density at radius 3 is 2.35 bits per heavy atom. The van der Waals surface area contributed by atoms with Crippen LogP contribution in [0.5, 0.6) is 5.75 Å². The number of rotatable bonds is 4. The van der Waals surface area contributed by atoms with Crippen LogP contribution in [0, 0.1) is 0 Å². The molecule has 0 spiro atoms. The van der Waals surface area contributed by atoms with Crippen molar-refractivity contribution in [2.24, 2.45) is 5.73 Å². The van der Waals surface area contributed by atoms with Crippen LogP contribution in [0.25, 0.3) is 0 Å². The molecule has 0 radical (unpaired) electrons. The minimum Gasteiger partial charge on any atom is -0.479 e. The molecule has 0 saturated heterocycles. The number of hydrogen-bond acceptors (Lipinski definition) is 2. The summed E-state index contributed by atoms with van der Waals surface area (Å²) in [5.74, 6) is 0.245. The summed E-state index contributed by atoms with van der Waals surface area (Å²) in [5.41, 5.74) is 6.06. The molecule has 0 bridgehead atoms. The molecule has 1 aromatic carbocycles. The van der Waals surface area contributed by atoms with E-state index >= 15 is 0 Å². The van der Waals surface area contributed by atoms with Crippen LogP contribution in [0.4, 0.5) is 13.2 Å². The van der Waals surface area contributed by atoms with Gasteiger partial charge in [0.1, 0.15) is 5.75 Å². The fraction of sp³-hybridized carbons (Fsp3) is 0.500. The molecule has 96 valence electrons. The number of aryl methyl sites for hydroxylation is 1. The molecule has 17 heavy (non-hydrogen) atoms. The highest BCUT2D eigenvalue weighted by Gasteiger charge is 2.44. The predicted octanol–water partition coefficient (Wildman–Crippen LogP) is 2.91. The van der Waals surface area contributed by atoms with E-state index in [2.05, 4.69) is 0 Å². The van der Waals surface area contributed by atoms with Gasteiger partial charge in [-0.05, 0) is 25.0 Å². The zero-order valence-corrected chi connectivity index (χ0v) is 9.79. The second-order valence-electron chi connectivity index (χ2n) is 3.90. The summed E-state index contributed by atoms with van der Waals surface area (Å²) in [5, 5.41) is 0. The SMILES string of the molecule is CCc1ccccc1OC(C(C)N)C(F)(F)F. The smallest absolute Gasteiger partial charge is 0.426 e. The minimum atomic E-state index is -4.46. The lowest BCUT2D eigenvalue weighted by Crippen LogP contribution is -2.47. The molecule has 0 saturated carbocycles. The summed E-state index contributed by atoms with van der Waals surface area (Å²) in [6.07, 6.45) is -5.83. The van der Waals surface area contributed by atoms with Gasteiger partial charge in [0.05, 0.1) is 0 Å². The molecule has 2 N–H and O–H groups in total. The second kappa shape index (κ2) is 5.40. The van der Waals surface area contributed by atoms with Crippen LogP contribution in [0.15, 0.2) is 24.3 Å². The quantitative estimate of drug-likeness (QED) is 0.887. The number of halogens is 3. The Morgan fingerprint density at radius 2 is 1.88 bits per heavy atom. The number of hydrogen-bond donors (Lipinski definition) is 1. The van der Waals surface area contributed by atoms with Crippen molar-refractivity contribution in [2.75, 3.05) is 0 Å². The molecule has 2 nitrogen and oxygen atoms in total. The van der Waals surface area contributed by atoms with E-state index in [1.165, 1.54) is 13.0 Å². The molecular weight excluding hydrogens is 231 g/mol. The van der Waals surface area contributed by atoms with E-state index < -0.39 is 18.3 Å². The Labute approximate surface area is 98.6 Å². The Balaban J connectivity index is 2.94. The summed E-state index contributed by atoms with van der Waals surface area (Å²) in [7, 11) is 0. The van der Waals surface area contributed by atoms with Crippen LogP contribution < -0.4 is 10.5 Å². The van der Waals surface area contributed by atoms with Crippen LogP contribution >= 0.6 is 0 Å². The zero-order chi connectivity index (χ0) is 13.1. The lowest BCUT2D eigenvalue weighted by molar-refractivity contribution is -0.199. The highest BCUT2D eigenvalue weighted by molar-refractivity contribution is 5.33. The van der Waals surface area contributed by atoms with Gasteiger partial charge in [-0.3, -0.25) is 0 Å². The van der Waals surface area contributed by atoms with Crippen molar-refractivity contribution in [1.82, 2.24) is 0 Å². The van der Waals surface area contributed by atoms with Crippen LogP contribution in [-0.4, -0.2) is 18.3 Å². The Kier molecular flexibility index (Phi) is 4.40. The highest BCUT2D eigenvalue weighted by atomic mass is 19.4. The highest BCUT2D eigenvalue weighted by Crippen LogP contribution is 2.28. The van der Waals surface area contributed by atoms with Gasteiger partial charge in [-0.15, -0.1) is 0 Å². The molecule has 1 aromatic rings. The van der Waals surface area contributed by atoms with Gasteiger partial charge >= 0.3 is 6.18 Å². The molecule has 0 aliphatic rings. The maximum Gasteiger partial charge on any atom is 0.426 e. The van der Waals surface area contributed by atoms with Crippen molar-refractivity contribution >= 4 is 0 Å². The predicted molar refractivity (Wildman–Crippen MR) is 59.9 cm³/mol. The Morgan fingerprint density at radius 1 is 1.29 bits per heavy atom. The van der Waals surface area contributed by atoms with Gasteiger partial charge in [-0.25, -0.2) is 0 Å². The van der Waals surface area contributed by atoms with Crippen molar-refractivity contribution in [3.8, 4) is 5.75 Å². The standard InChI is InChI=1S/C12H16F3NO/c1-3-9-6-4-5-7-10(9)17-11(8(2)16)12(13,14)15/h4-8,11H,3,16H2,1-2H3. The van der Waals surface area contributed by atoms with Gasteiger partial charge < -0.3 is 10.5 Å². The fourth-order valence-electron chi connectivity index (χ4n) is 1.52. The lowest BCUT2D eigenvalue weighted by atomic mass is 10.1. The summed E-state index contributed by atoms with van der Waals surface area (Å²) >= 11 is 0. The number of para-hydroxylation sites is 1. The molecule has 0 fully saturated rings. The van der Waals surface area contributed by atoms with Crippen LogP contribution in [-0.2, 0) is 6.42 Å². The lowest BCUT2D eigenvalue weighted by Gasteiger charge is -2.25. The van der Waals surface area contributed by atoms with Crippen LogP contribution in [0.1, 0.15) is 19.4 Å². The summed E-state index contributed by atoms with van der Waals surface area (Å²) in [6, 6.07) is 5.56. The average Bonchev–Trinajstić information content (AvgIpc) is 2.24. The van der Waals surface area contributed by atoms with Gasteiger partial charge in [0.15, 0.2) is 0 Å². The molecule has 1 rings (SSSR count). The van der Waals surface area contributed by atoms with Gasteiger partial charge in [0.25, 0.3) is 0 Å². The normalized spacial score (nSPS) is 15.4. The van der Waals surface area contributed by atoms with Crippen molar-refractivity contribution in [3.05, 3.63) is 29.8 Å². The first kappa shape index (κ1) is 13.8. The van der Waals surface area contributed by atoms with Crippen LogP contribution in [0.2, 0.25) is 0 Å². The first-order chi connectivity index (χ1) is 7.86. The van der Waals surface area contributed by atoms with E-state index in [0.29, 0.717) is 6.42 Å². The molecule has 0 heterocycles. The third kappa shape index (κ3) is 3.63. The van der Waals surface area contributed by atoms with E-state index in [4.69, 9.17) is 10.5 Å². The summed E-state index contributed by atoms with van der Waals surface area (Å²) in [6.45, 7) is 3.14. The minimum absolute atomic E-state index is 0.245. The summed E-state index contributed by atoms with van der Waals surface area (Å²) in [4.78, 5) is 0. The fourth-order valence-corrected chi connectivity index (χ4v) is 1.52. The molecule has 0 aliphatic carbocycles. The van der Waals surface area contributed by atoms with E-state index in [1.807, 2.05) is 6.92 Å². The van der Waals surface area contributed by atoms with Gasteiger partial charge in [-0.2, -0.15) is 13.2 Å². The molecule has 0 aliphatic heterocycles. The van der Waals surface area contributed by atoms with Gasteiger partial charge in [-0.1, -0.05) is 25.1 Å². The number of benzene rings is 1. The van der Waals surface area contributed by atoms with Gasteiger partial charge in [0, 0.05) is 6.04 Å². The van der Waals surface area contributed by atoms with Crippen molar-refractivity contribution in [1.29, 1.82) is 0 Å². The maximum atomic E-state index is 12.7. The van der Waals surface area contributed by atoms with Crippen LogP contribution in [0.3, 0.4) is 0 Å². The Hall–Kier alpha value is -1.23. The largest absolute Gasteiger partial charge is 0.479 e. The second-order valence-corrected chi connectivity index (χ2v) is 3.90. The molecule has 0 aromatic heterocycles. The van der Waals surface area contributed by atoms with Crippen molar-refractivity contribution in [3.63, 3.8) is 0 Å². The van der Waals surface area contributed by atoms with E-state index in [0.717, 1.165) is 5.56 Å². The number of nitrogens with two attached hydrogens (primary N) is 1.